The van der Waals surface area contributed by atoms with Crippen LogP contribution in [0.15, 0.2) is 155 Å². The Morgan fingerprint density at radius 1 is 0.911 bits per heavy atom. The van der Waals surface area contributed by atoms with Gasteiger partial charge in [0.05, 0.1) is 6.61 Å². The lowest BCUT2D eigenvalue weighted by molar-refractivity contribution is -0.217. The van der Waals surface area contributed by atoms with Crippen LogP contribution in [0.3, 0.4) is 0 Å². The number of amides is 2. The van der Waals surface area contributed by atoms with Crippen LogP contribution < -0.4 is 15.5 Å². The number of carbonyl (C=O) groups excluding carboxylic acids is 3. The molecule has 0 radical (unpaired) electrons. The Morgan fingerprint density at radius 3 is 2.04 bits per heavy atom. The number of oxime groups is 1. The molecule has 5 aromatic rings. The fourth-order valence-corrected chi connectivity index (χ4v) is 7.24. The highest BCUT2D eigenvalue weighted by molar-refractivity contribution is 7.14. The molecule has 2 amide bonds. The number of carbonyl (C=O) groups is 3. The van der Waals surface area contributed by atoms with E-state index in [4.69, 9.17) is 24.3 Å². The van der Waals surface area contributed by atoms with Gasteiger partial charge in [-0.1, -0.05) is 114 Å². The molecule has 1 aromatic heterocycles. The number of para-hydroxylation sites is 1. The summed E-state index contributed by atoms with van der Waals surface area (Å²) in [4.78, 5) is 64.2. The quantitative estimate of drug-likeness (QED) is 0.0492. The molecule has 1 saturated heterocycles. The van der Waals surface area contributed by atoms with E-state index in [2.05, 4.69) is 52.2 Å². The standard InChI is InChI=1S/C42H38N6O7S/c1-47(2)25-24-28-26-53-39-35(38(50)48(39)36(28)40(51)55-54-32-22-14-7-15-23-32)44-37(49)34(46-52-3)33-27-56-41(43-33)45-42(29-16-8-4-9-17-29,30-18-10-5-11-19-30)31-20-12-6-13-21-31/h4-25,27,35,39H,26H2,1-3H3,(H,43,45)(H,44,49). The fraction of sp³-hybridized carbons (Fsp3) is 0.167. The molecule has 56 heavy (non-hydrogen) atoms. The summed E-state index contributed by atoms with van der Waals surface area (Å²) in [5, 5.41) is 12.6. The first-order chi connectivity index (χ1) is 27.3. The maximum absolute atomic E-state index is 13.9. The molecular weight excluding hydrogens is 733 g/mol. The summed E-state index contributed by atoms with van der Waals surface area (Å²) >= 11 is 1.28. The molecule has 2 aliphatic rings. The molecule has 0 saturated carbocycles. The first-order valence-electron chi connectivity index (χ1n) is 17.6. The van der Waals surface area contributed by atoms with E-state index < -0.39 is 35.6 Å². The molecule has 1 fully saturated rings. The normalized spacial score (nSPS) is 16.8. The van der Waals surface area contributed by atoms with Gasteiger partial charge in [0.25, 0.3) is 11.8 Å². The first kappa shape index (κ1) is 37.5. The Hall–Kier alpha value is -6.77. The van der Waals surface area contributed by atoms with Crippen molar-refractivity contribution < 1.29 is 33.7 Å². The maximum atomic E-state index is 13.9. The topological polar surface area (TPSA) is 144 Å². The van der Waals surface area contributed by atoms with Gasteiger partial charge in [-0.2, -0.15) is 0 Å². The van der Waals surface area contributed by atoms with Crippen LogP contribution in [-0.2, 0) is 34.4 Å². The first-order valence-corrected chi connectivity index (χ1v) is 18.5. The summed E-state index contributed by atoms with van der Waals surface area (Å²) in [5.41, 5.74) is 2.43. The molecule has 13 nitrogen and oxygen atoms in total. The summed E-state index contributed by atoms with van der Waals surface area (Å²) < 4.78 is 6.00. The molecule has 0 bridgehead atoms. The van der Waals surface area contributed by atoms with Gasteiger partial charge in [-0.25, -0.2) is 14.7 Å². The molecule has 14 heteroatoms. The lowest BCUT2D eigenvalue weighted by atomic mass is 9.77. The molecular formula is C42H38N6O7S. The Labute approximate surface area is 327 Å². The van der Waals surface area contributed by atoms with Crippen molar-refractivity contribution in [1.29, 1.82) is 0 Å². The predicted octanol–water partition coefficient (Wildman–Crippen LogP) is 5.45. The number of thiazole rings is 1. The molecule has 2 unspecified atom stereocenters. The second-order valence-corrected chi connectivity index (χ2v) is 13.8. The van der Waals surface area contributed by atoms with Crippen molar-refractivity contribution in [3.05, 3.63) is 173 Å². The summed E-state index contributed by atoms with van der Waals surface area (Å²) in [6, 6.07) is 37.4. The third-order valence-electron chi connectivity index (χ3n) is 9.07. The zero-order valence-electron chi connectivity index (χ0n) is 30.7. The van der Waals surface area contributed by atoms with Crippen molar-refractivity contribution >= 4 is 40.0 Å². The highest BCUT2D eigenvalue weighted by atomic mass is 32.1. The van der Waals surface area contributed by atoms with E-state index in [-0.39, 0.29) is 23.7 Å². The molecule has 3 heterocycles. The minimum atomic E-state index is -1.15. The van der Waals surface area contributed by atoms with Crippen LogP contribution in [0.5, 0.6) is 5.75 Å². The van der Waals surface area contributed by atoms with Gasteiger partial charge >= 0.3 is 5.97 Å². The third-order valence-corrected chi connectivity index (χ3v) is 9.83. The lowest BCUT2D eigenvalue weighted by Crippen LogP contribution is -2.73. The van der Waals surface area contributed by atoms with Crippen LogP contribution in [-0.4, -0.2) is 78.4 Å². The highest BCUT2D eigenvalue weighted by Crippen LogP contribution is 2.41. The third kappa shape index (κ3) is 7.60. The van der Waals surface area contributed by atoms with Crippen molar-refractivity contribution in [3.8, 4) is 5.75 Å². The molecule has 7 rings (SSSR count). The molecule has 4 aromatic carbocycles. The Morgan fingerprint density at radius 2 is 1.48 bits per heavy atom. The van der Waals surface area contributed by atoms with Crippen molar-refractivity contribution in [2.24, 2.45) is 5.16 Å². The van der Waals surface area contributed by atoms with Gasteiger partial charge in [0.15, 0.2) is 28.9 Å². The van der Waals surface area contributed by atoms with Crippen molar-refractivity contribution in [2.45, 2.75) is 17.8 Å². The number of fused-ring (bicyclic) bond motifs is 1. The van der Waals surface area contributed by atoms with Gasteiger partial charge in [0.2, 0.25) is 0 Å². The zero-order valence-corrected chi connectivity index (χ0v) is 31.5. The minimum absolute atomic E-state index is 0.0486. The smallest absolute Gasteiger partial charge is 0.398 e. The minimum Gasteiger partial charge on any atom is -0.398 e. The molecule has 2 atom stereocenters. The summed E-state index contributed by atoms with van der Waals surface area (Å²) in [6.45, 7) is -0.0486. The molecule has 0 aliphatic carbocycles. The lowest BCUT2D eigenvalue weighted by Gasteiger charge is -2.49. The van der Waals surface area contributed by atoms with E-state index in [9.17, 15) is 14.4 Å². The molecule has 284 valence electrons. The monoisotopic (exact) mass is 770 g/mol. The average Bonchev–Trinajstić information content (AvgIpc) is 3.70. The Balaban J connectivity index is 1.13. The second kappa shape index (κ2) is 16.7. The van der Waals surface area contributed by atoms with E-state index in [1.54, 1.807) is 52.9 Å². The van der Waals surface area contributed by atoms with E-state index >= 15 is 0 Å². The van der Waals surface area contributed by atoms with Gasteiger partial charge in [-0.05, 0) is 41.1 Å². The molecule has 2 aliphatic heterocycles. The van der Waals surface area contributed by atoms with Crippen LogP contribution in [0.2, 0.25) is 0 Å². The number of nitrogens with one attached hydrogen (secondary N) is 2. The SMILES string of the molecule is CON=C(C(=O)NC1C(=O)N2C(C(=O)OOc3ccccc3)=C(C=CN(C)C)COC12)c1csc(NC(c2ccccc2)(c2ccccc2)c2ccccc2)n1. The van der Waals surface area contributed by atoms with E-state index in [0.29, 0.717) is 16.5 Å². The number of anilines is 1. The Kier molecular flexibility index (Phi) is 11.2. The Bertz CT molecular complexity index is 2170. The predicted molar refractivity (Wildman–Crippen MR) is 210 cm³/mol. The summed E-state index contributed by atoms with van der Waals surface area (Å²) in [7, 11) is 4.94. The van der Waals surface area contributed by atoms with Gasteiger partial charge in [0.1, 0.15) is 24.0 Å². The van der Waals surface area contributed by atoms with Gasteiger partial charge < -0.3 is 25.1 Å². The van der Waals surface area contributed by atoms with Crippen LogP contribution in [0, 0.1) is 0 Å². The largest absolute Gasteiger partial charge is 0.402 e. The second-order valence-electron chi connectivity index (χ2n) is 12.9. The zero-order chi connectivity index (χ0) is 39.1. The van der Waals surface area contributed by atoms with Crippen LogP contribution in [0.25, 0.3) is 0 Å². The van der Waals surface area contributed by atoms with Crippen molar-refractivity contribution in [1.82, 2.24) is 20.1 Å². The number of β-lactam (4-membered cyclic amide) rings is 1. The van der Waals surface area contributed by atoms with Crippen LogP contribution in [0.4, 0.5) is 5.13 Å². The average molecular weight is 771 g/mol. The summed E-state index contributed by atoms with van der Waals surface area (Å²) in [6.07, 6.45) is 2.34. The van der Waals surface area contributed by atoms with E-state index in [1.807, 2.05) is 68.7 Å². The summed E-state index contributed by atoms with van der Waals surface area (Å²) in [5.74, 6) is -1.93. The number of nitrogens with zero attached hydrogens (tertiary/aromatic N) is 4. The van der Waals surface area contributed by atoms with Gasteiger partial charge in [0, 0.05) is 25.0 Å². The van der Waals surface area contributed by atoms with Crippen molar-refractivity contribution in [2.75, 3.05) is 33.1 Å². The molecule has 2 N–H and O–H groups in total. The highest BCUT2D eigenvalue weighted by Gasteiger charge is 2.55. The fourth-order valence-electron chi connectivity index (χ4n) is 6.49. The van der Waals surface area contributed by atoms with Crippen LogP contribution in [0.1, 0.15) is 22.4 Å². The molecule has 0 spiro atoms. The number of hydrogen-bond donors (Lipinski definition) is 2. The van der Waals surface area contributed by atoms with Gasteiger partial charge in [-0.3, -0.25) is 19.4 Å². The number of hydrogen-bond acceptors (Lipinski definition) is 12. The van der Waals surface area contributed by atoms with Gasteiger partial charge in [-0.15, -0.1) is 11.3 Å². The van der Waals surface area contributed by atoms with Crippen molar-refractivity contribution in [3.63, 3.8) is 0 Å². The maximum Gasteiger partial charge on any atom is 0.402 e. The number of ether oxygens (including phenoxy) is 1. The van der Waals surface area contributed by atoms with E-state index in [1.165, 1.54) is 18.4 Å². The number of benzene rings is 4. The number of rotatable bonds is 14. The van der Waals surface area contributed by atoms with E-state index in [0.717, 1.165) is 21.6 Å². The number of aromatic nitrogens is 1. The van der Waals surface area contributed by atoms with Crippen LogP contribution >= 0.6 is 11.3 Å².